The van der Waals surface area contributed by atoms with Crippen molar-refractivity contribution in [3.8, 4) is 55.6 Å². The number of furan rings is 1. The molecule has 1 heterocycles. The van der Waals surface area contributed by atoms with Gasteiger partial charge in [-0.25, -0.2) is 0 Å². The van der Waals surface area contributed by atoms with Crippen molar-refractivity contribution in [1.29, 1.82) is 0 Å². The van der Waals surface area contributed by atoms with Crippen molar-refractivity contribution in [2.24, 2.45) is 0 Å². The Kier molecular flexibility index (Phi) is 8.80. The second kappa shape index (κ2) is 16.2. The van der Waals surface area contributed by atoms with E-state index in [0.29, 0.717) is 0 Å². The van der Waals surface area contributed by atoms with E-state index in [1.165, 1.54) is 138 Å². The highest BCUT2D eigenvalue weighted by atomic mass is 16.3. The van der Waals surface area contributed by atoms with Gasteiger partial charge in [-0.2, -0.15) is 0 Å². The Bertz CT molecular complexity index is 4850. The van der Waals surface area contributed by atoms with Crippen molar-refractivity contribution in [3.05, 3.63) is 323 Å². The van der Waals surface area contributed by atoms with Gasteiger partial charge in [0, 0.05) is 39.8 Å². The average Bonchev–Trinajstić information content (AvgIpc) is 2.53. The molecule has 0 saturated heterocycles. The first-order valence-corrected chi connectivity index (χ1v) is 29.0. The predicted molar refractivity (Wildman–Crippen MR) is 339 cm³/mol. The molecule has 0 radical (unpaired) electrons. The zero-order valence-corrected chi connectivity index (χ0v) is 44.8. The zero-order chi connectivity index (χ0) is 53.4. The van der Waals surface area contributed by atoms with E-state index in [2.05, 4.69) is 278 Å². The lowest BCUT2D eigenvalue weighted by Crippen LogP contribution is -2.26. The van der Waals surface area contributed by atoms with Crippen LogP contribution in [0.2, 0.25) is 0 Å². The van der Waals surface area contributed by atoms with E-state index in [0.717, 1.165) is 46.8 Å². The Morgan fingerprint density at radius 3 is 1.22 bits per heavy atom. The maximum absolute atomic E-state index is 6.60. The lowest BCUT2D eigenvalue weighted by molar-refractivity contribution is 0.546. The Hall–Kier alpha value is -10.3. The maximum Gasteiger partial charge on any atom is 0.135 e. The topological polar surface area (TPSA) is 16.4 Å². The molecule has 0 amide bonds. The molecule has 14 aromatic rings. The van der Waals surface area contributed by atoms with Crippen LogP contribution < -0.4 is 4.90 Å². The molecule has 0 N–H and O–H groups in total. The molecule has 5 aliphatic rings. The van der Waals surface area contributed by atoms with Gasteiger partial charge in [-0.3, -0.25) is 0 Å². The van der Waals surface area contributed by atoms with E-state index < -0.39 is 10.8 Å². The fourth-order valence-electron chi connectivity index (χ4n) is 16.5. The van der Waals surface area contributed by atoms with Crippen molar-refractivity contribution < 1.29 is 4.42 Å². The molecule has 2 nitrogen and oxygen atoms in total. The summed E-state index contributed by atoms with van der Waals surface area (Å²) in [6, 6.07) is 99.3. The number of nitrogens with zero attached hydrogens (tertiary/aromatic N) is 1. The van der Waals surface area contributed by atoms with Crippen molar-refractivity contribution in [2.45, 2.75) is 23.7 Å². The molecule has 1 aromatic heterocycles. The molecule has 0 unspecified atom stereocenters. The molecule has 380 valence electrons. The van der Waals surface area contributed by atoms with Gasteiger partial charge < -0.3 is 9.32 Å². The summed E-state index contributed by atoms with van der Waals surface area (Å²) >= 11 is 0. The van der Waals surface area contributed by atoms with Crippen LogP contribution in [0.15, 0.2) is 271 Å². The van der Waals surface area contributed by atoms with Gasteiger partial charge in [0.2, 0.25) is 0 Å². The third-order valence-corrected chi connectivity index (χ3v) is 19.5. The van der Waals surface area contributed by atoms with Crippen molar-refractivity contribution in [3.63, 3.8) is 0 Å². The van der Waals surface area contributed by atoms with E-state index in [1.54, 1.807) is 0 Å². The molecule has 0 atom stereocenters. The molecular weight excluding hydrogens is 991 g/mol. The number of benzene rings is 13. The summed E-state index contributed by atoms with van der Waals surface area (Å²) in [5, 5.41) is 8.72. The Morgan fingerprint density at radius 1 is 0.305 bits per heavy atom. The quantitative estimate of drug-likeness (QED) is 0.163. The molecule has 19 rings (SSSR count). The molecule has 0 fully saturated rings. The summed E-state index contributed by atoms with van der Waals surface area (Å²) in [5.41, 5.74) is 27.8. The standard InChI is InChI=1S/C80H49NO/c1-2-28-63-61(27-1)76-52(30-18-31-62(76)64-43-44-75-78(77(63)64)65-29-9-16-38-74(65)82-75)48-19-17-20-49(45-48)81(50-39-41-59-57-25-7-14-36-70(57)79(72(59)46-50)66-32-10-3-21-53(66)54-22-4-11-33-67(54)79)51-40-42-60-58-26-8-15-37-71(58)80(73(60)47-51)68-34-12-5-23-55(68)56-24-6-13-35-69(56)80/h1-15,17-37,39-47H,16,38H2. The van der Waals surface area contributed by atoms with Gasteiger partial charge in [-0.1, -0.05) is 224 Å². The zero-order valence-electron chi connectivity index (χ0n) is 44.8. The van der Waals surface area contributed by atoms with E-state index in [9.17, 15) is 0 Å². The number of hydrogen-bond acceptors (Lipinski definition) is 2. The van der Waals surface area contributed by atoms with Gasteiger partial charge in [0.05, 0.1) is 10.8 Å². The van der Waals surface area contributed by atoms with Crippen LogP contribution in [0, 0.1) is 0 Å². The number of fused-ring (bicyclic) bond motifs is 30. The molecule has 82 heavy (non-hydrogen) atoms. The summed E-state index contributed by atoms with van der Waals surface area (Å²) in [6.45, 7) is 0. The van der Waals surface area contributed by atoms with E-state index in [4.69, 9.17) is 4.42 Å². The van der Waals surface area contributed by atoms with Crippen LogP contribution in [-0.2, 0) is 17.3 Å². The number of allylic oxidation sites excluding steroid dienone is 1. The molecule has 0 aliphatic heterocycles. The summed E-state index contributed by atoms with van der Waals surface area (Å²) in [7, 11) is 0. The van der Waals surface area contributed by atoms with Gasteiger partial charge in [0.15, 0.2) is 0 Å². The Morgan fingerprint density at radius 2 is 0.707 bits per heavy atom. The maximum atomic E-state index is 6.60. The fraction of sp³-hybridized carbons (Fsp3) is 0.0500. The average molecular weight is 1040 g/mol. The monoisotopic (exact) mass is 1040 g/mol. The second-order valence-electron chi connectivity index (χ2n) is 23.1. The Balaban J connectivity index is 0.878. The molecule has 5 aliphatic carbocycles. The largest absolute Gasteiger partial charge is 0.460 e. The highest BCUT2D eigenvalue weighted by Gasteiger charge is 2.53. The normalized spacial score (nSPS) is 14.6. The van der Waals surface area contributed by atoms with Gasteiger partial charge >= 0.3 is 0 Å². The first kappa shape index (κ1) is 44.6. The lowest BCUT2D eigenvalue weighted by Gasteiger charge is -2.33. The molecule has 0 bridgehead atoms. The van der Waals surface area contributed by atoms with Gasteiger partial charge in [-0.05, 0) is 182 Å². The lowest BCUT2D eigenvalue weighted by atomic mass is 9.70. The van der Waals surface area contributed by atoms with Gasteiger partial charge in [-0.15, -0.1) is 0 Å². The van der Waals surface area contributed by atoms with Crippen LogP contribution in [0.5, 0.6) is 0 Å². The highest BCUT2D eigenvalue weighted by Crippen LogP contribution is 2.66. The Labute approximate surface area is 475 Å². The highest BCUT2D eigenvalue weighted by molar-refractivity contribution is 6.34. The van der Waals surface area contributed by atoms with Crippen molar-refractivity contribution in [1.82, 2.24) is 0 Å². The van der Waals surface area contributed by atoms with Crippen LogP contribution >= 0.6 is 0 Å². The molecule has 2 heteroatoms. The first-order valence-electron chi connectivity index (χ1n) is 29.0. The third-order valence-electron chi connectivity index (χ3n) is 19.5. The number of aryl methyl sites for hydroxylation is 1. The third kappa shape index (κ3) is 5.50. The van der Waals surface area contributed by atoms with Gasteiger partial charge in [0.25, 0.3) is 0 Å². The number of hydrogen-bond donors (Lipinski definition) is 0. The molecule has 2 spiro atoms. The summed E-state index contributed by atoms with van der Waals surface area (Å²) in [6.07, 6.45) is 6.51. The van der Waals surface area contributed by atoms with Crippen molar-refractivity contribution >= 4 is 66.4 Å². The smallest absolute Gasteiger partial charge is 0.135 e. The summed E-state index contributed by atoms with van der Waals surface area (Å²) in [4.78, 5) is 2.56. The van der Waals surface area contributed by atoms with Crippen LogP contribution in [0.3, 0.4) is 0 Å². The van der Waals surface area contributed by atoms with E-state index in [-0.39, 0.29) is 0 Å². The minimum Gasteiger partial charge on any atom is -0.460 e. The minimum atomic E-state index is -0.506. The first-order chi connectivity index (χ1) is 40.7. The SMILES string of the molecule is C1=Cc2c(oc3ccc4c5cccc(-c6cccc(N(c7ccc8c(c7)C7(c9ccccc9-c9ccccc97)c7ccccc7-8)c7ccc8c(c7)C7(c9ccccc9-c9ccccc97)c7ccccc7-8)c6)c5c5ccccc5c4c23)CC1. The minimum absolute atomic E-state index is 0.506. The van der Waals surface area contributed by atoms with E-state index >= 15 is 0 Å². The summed E-state index contributed by atoms with van der Waals surface area (Å²) < 4.78 is 6.60. The van der Waals surface area contributed by atoms with Crippen LogP contribution in [0.25, 0.3) is 105 Å². The van der Waals surface area contributed by atoms with Gasteiger partial charge in [0.1, 0.15) is 11.3 Å². The molecule has 13 aromatic carbocycles. The van der Waals surface area contributed by atoms with Crippen LogP contribution in [-0.4, -0.2) is 0 Å². The fourth-order valence-corrected chi connectivity index (χ4v) is 16.5. The predicted octanol–water partition coefficient (Wildman–Crippen LogP) is 20.7. The number of rotatable bonds is 4. The van der Waals surface area contributed by atoms with E-state index in [1.807, 2.05) is 0 Å². The second-order valence-corrected chi connectivity index (χ2v) is 23.1. The van der Waals surface area contributed by atoms with Crippen LogP contribution in [0.1, 0.15) is 62.3 Å². The van der Waals surface area contributed by atoms with Crippen LogP contribution in [0.4, 0.5) is 17.1 Å². The van der Waals surface area contributed by atoms with Crippen molar-refractivity contribution in [2.75, 3.05) is 4.90 Å². The molecule has 0 saturated carbocycles. The molecular formula is C80H49NO. The summed E-state index contributed by atoms with van der Waals surface area (Å²) in [5.74, 6) is 1.09. The number of anilines is 3.